The predicted molar refractivity (Wildman–Crippen MR) is 89.9 cm³/mol. The first-order chi connectivity index (χ1) is 9.76. The van der Waals surface area contributed by atoms with E-state index in [1.165, 1.54) is 11.1 Å². The normalized spacial score (nSPS) is 20.9. The zero-order chi connectivity index (χ0) is 15.6. The lowest BCUT2D eigenvalue weighted by Crippen LogP contribution is -2.50. The maximum Gasteiger partial charge on any atom is 0.131 e. The highest BCUT2D eigenvalue weighted by atomic mass is 15.3. The maximum atomic E-state index is 4.73. The molecule has 1 saturated heterocycles. The number of rotatable bonds is 3. The number of aromatic nitrogens is 1. The average molecular weight is 290 g/mol. The third-order valence-corrected chi connectivity index (χ3v) is 4.19. The molecule has 0 amide bonds. The van der Waals surface area contributed by atoms with Crippen molar-refractivity contribution in [2.75, 3.05) is 31.6 Å². The van der Waals surface area contributed by atoms with Gasteiger partial charge in [0, 0.05) is 44.0 Å². The molecule has 0 radical (unpaired) electrons. The van der Waals surface area contributed by atoms with Crippen molar-refractivity contribution in [3.63, 3.8) is 0 Å². The number of nitrogens with one attached hydrogen (secondary N) is 1. The third-order valence-electron chi connectivity index (χ3n) is 4.19. The van der Waals surface area contributed by atoms with Gasteiger partial charge in [0.1, 0.15) is 5.82 Å². The van der Waals surface area contributed by atoms with Crippen LogP contribution in [0.4, 0.5) is 5.82 Å². The van der Waals surface area contributed by atoms with Gasteiger partial charge in [0.05, 0.1) is 0 Å². The molecule has 2 heterocycles. The number of hydrogen-bond acceptors (Lipinski definition) is 4. The Kier molecular flexibility index (Phi) is 4.89. The molecule has 4 nitrogen and oxygen atoms in total. The van der Waals surface area contributed by atoms with Crippen LogP contribution in [0.5, 0.6) is 0 Å². The van der Waals surface area contributed by atoms with E-state index in [0.717, 1.165) is 32.0 Å². The second-order valence-electron chi connectivity index (χ2n) is 7.36. The van der Waals surface area contributed by atoms with Crippen LogP contribution in [0.15, 0.2) is 12.3 Å². The van der Waals surface area contributed by atoms with E-state index < -0.39 is 0 Å². The largest absolute Gasteiger partial charge is 0.354 e. The van der Waals surface area contributed by atoms with Crippen LogP contribution in [-0.2, 0) is 6.54 Å². The molecule has 118 valence electrons. The molecule has 1 atom stereocenters. The highest BCUT2D eigenvalue weighted by Gasteiger charge is 2.22. The topological polar surface area (TPSA) is 31.4 Å². The summed E-state index contributed by atoms with van der Waals surface area (Å²) in [5.74, 6) is 1.15. The van der Waals surface area contributed by atoms with Gasteiger partial charge >= 0.3 is 0 Å². The van der Waals surface area contributed by atoms with Crippen molar-refractivity contribution in [1.82, 2.24) is 15.2 Å². The van der Waals surface area contributed by atoms with Crippen molar-refractivity contribution in [2.24, 2.45) is 0 Å². The number of pyridine rings is 1. The van der Waals surface area contributed by atoms with Gasteiger partial charge < -0.3 is 15.1 Å². The second kappa shape index (κ2) is 6.32. The van der Waals surface area contributed by atoms with E-state index >= 15 is 0 Å². The summed E-state index contributed by atoms with van der Waals surface area (Å²) in [5, 5.41) is 3.52. The smallest absolute Gasteiger partial charge is 0.131 e. The first kappa shape index (κ1) is 16.2. The Labute approximate surface area is 129 Å². The summed E-state index contributed by atoms with van der Waals surface area (Å²) in [6.07, 6.45) is 2.02. The van der Waals surface area contributed by atoms with Gasteiger partial charge in [0.15, 0.2) is 0 Å². The highest BCUT2D eigenvalue weighted by Crippen LogP contribution is 2.21. The second-order valence-corrected chi connectivity index (χ2v) is 7.36. The standard InChI is InChI=1S/C17H30N4/c1-13-9-15(11-19-17(3,4)5)10-18-16(13)21-8-7-20(6)14(2)12-21/h9-10,14,19H,7-8,11-12H2,1-6H3. The van der Waals surface area contributed by atoms with Crippen LogP contribution in [0.2, 0.25) is 0 Å². The molecule has 1 aromatic heterocycles. The lowest BCUT2D eigenvalue weighted by Gasteiger charge is -2.38. The van der Waals surface area contributed by atoms with Crippen LogP contribution in [0.25, 0.3) is 0 Å². The number of likely N-dealkylation sites (N-methyl/N-ethyl adjacent to an activating group) is 1. The molecule has 0 aliphatic carbocycles. The van der Waals surface area contributed by atoms with Gasteiger partial charge in [0.25, 0.3) is 0 Å². The summed E-state index contributed by atoms with van der Waals surface area (Å²) in [6.45, 7) is 15.1. The van der Waals surface area contributed by atoms with Gasteiger partial charge in [0.2, 0.25) is 0 Å². The molecular weight excluding hydrogens is 260 g/mol. The fourth-order valence-electron chi connectivity index (χ4n) is 2.66. The Hall–Kier alpha value is -1.13. The molecule has 1 N–H and O–H groups in total. The molecule has 1 fully saturated rings. The number of aryl methyl sites for hydroxylation is 1. The zero-order valence-electron chi connectivity index (χ0n) is 14.4. The van der Waals surface area contributed by atoms with Gasteiger partial charge in [-0.3, -0.25) is 0 Å². The minimum Gasteiger partial charge on any atom is -0.354 e. The van der Waals surface area contributed by atoms with Gasteiger partial charge in [-0.05, 0) is 58.9 Å². The van der Waals surface area contributed by atoms with Crippen molar-refractivity contribution in [3.8, 4) is 0 Å². The fourth-order valence-corrected chi connectivity index (χ4v) is 2.66. The van der Waals surface area contributed by atoms with E-state index in [-0.39, 0.29) is 5.54 Å². The Balaban J connectivity index is 2.05. The SMILES string of the molecule is Cc1cc(CNC(C)(C)C)cnc1N1CCN(C)C(C)C1. The van der Waals surface area contributed by atoms with Crippen LogP contribution in [0, 0.1) is 6.92 Å². The minimum atomic E-state index is 0.138. The molecule has 2 rings (SSSR count). The van der Waals surface area contributed by atoms with E-state index in [2.05, 4.69) is 62.8 Å². The van der Waals surface area contributed by atoms with E-state index in [0.29, 0.717) is 6.04 Å². The van der Waals surface area contributed by atoms with Gasteiger partial charge in [-0.1, -0.05) is 0 Å². The number of piperazine rings is 1. The van der Waals surface area contributed by atoms with Crippen molar-refractivity contribution < 1.29 is 0 Å². The molecule has 21 heavy (non-hydrogen) atoms. The monoisotopic (exact) mass is 290 g/mol. The fraction of sp³-hybridized carbons (Fsp3) is 0.706. The summed E-state index contributed by atoms with van der Waals surface area (Å²) in [4.78, 5) is 9.56. The Morgan fingerprint density at radius 3 is 2.62 bits per heavy atom. The first-order valence-corrected chi connectivity index (χ1v) is 7.92. The zero-order valence-corrected chi connectivity index (χ0v) is 14.4. The van der Waals surface area contributed by atoms with E-state index in [1.807, 2.05) is 6.20 Å². The molecule has 0 aromatic carbocycles. The molecular formula is C17H30N4. The number of nitrogens with zero attached hydrogens (tertiary/aromatic N) is 3. The van der Waals surface area contributed by atoms with E-state index in [4.69, 9.17) is 4.98 Å². The molecule has 0 spiro atoms. The molecule has 1 unspecified atom stereocenters. The lowest BCUT2D eigenvalue weighted by molar-refractivity contribution is 0.233. The Bertz CT molecular complexity index is 478. The van der Waals surface area contributed by atoms with Crippen molar-refractivity contribution in [2.45, 2.75) is 52.7 Å². The Morgan fingerprint density at radius 1 is 1.33 bits per heavy atom. The van der Waals surface area contributed by atoms with Gasteiger partial charge in [-0.15, -0.1) is 0 Å². The predicted octanol–water partition coefficient (Wildman–Crippen LogP) is 2.42. The molecule has 4 heteroatoms. The van der Waals surface area contributed by atoms with Gasteiger partial charge in [-0.2, -0.15) is 0 Å². The summed E-state index contributed by atoms with van der Waals surface area (Å²) < 4.78 is 0. The van der Waals surface area contributed by atoms with Crippen molar-refractivity contribution in [3.05, 3.63) is 23.4 Å². The maximum absolute atomic E-state index is 4.73. The molecule has 0 saturated carbocycles. The summed E-state index contributed by atoms with van der Waals surface area (Å²) in [5.41, 5.74) is 2.67. The number of hydrogen-bond donors (Lipinski definition) is 1. The molecule has 0 bridgehead atoms. The first-order valence-electron chi connectivity index (χ1n) is 7.92. The summed E-state index contributed by atoms with van der Waals surface area (Å²) in [7, 11) is 2.20. The average Bonchev–Trinajstić information content (AvgIpc) is 2.39. The van der Waals surface area contributed by atoms with Crippen LogP contribution in [-0.4, -0.2) is 48.1 Å². The number of anilines is 1. The third kappa shape index (κ3) is 4.42. The highest BCUT2D eigenvalue weighted by molar-refractivity contribution is 5.48. The van der Waals surface area contributed by atoms with Crippen LogP contribution in [0.1, 0.15) is 38.8 Å². The van der Waals surface area contributed by atoms with Crippen LogP contribution in [0.3, 0.4) is 0 Å². The van der Waals surface area contributed by atoms with Crippen LogP contribution < -0.4 is 10.2 Å². The van der Waals surface area contributed by atoms with E-state index in [1.54, 1.807) is 0 Å². The summed E-state index contributed by atoms with van der Waals surface area (Å²) >= 11 is 0. The molecule has 1 aliphatic rings. The molecule has 1 aromatic rings. The summed E-state index contributed by atoms with van der Waals surface area (Å²) in [6, 6.07) is 2.85. The molecule has 1 aliphatic heterocycles. The van der Waals surface area contributed by atoms with Crippen molar-refractivity contribution in [1.29, 1.82) is 0 Å². The lowest BCUT2D eigenvalue weighted by atomic mass is 10.1. The van der Waals surface area contributed by atoms with Crippen molar-refractivity contribution >= 4 is 5.82 Å². The van der Waals surface area contributed by atoms with Gasteiger partial charge in [-0.25, -0.2) is 4.98 Å². The minimum absolute atomic E-state index is 0.138. The van der Waals surface area contributed by atoms with Crippen LogP contribution >= 0.6 is 0 Å². The quantitative estimate of drug-likeness (QED) is 0.926. The Morgan fingerprint density at radius 2 is 2.05 bits per heavy atom. The van der Waals surface area contributed by atoms with E-state index in [9.17, 15) is 0 Å².